The second-order valence-electron chi connectivity index (χ2n) is 9.10. The van der Waals surface area contributed by atoms with Gasteiger partial charge in [0.25, 0.3) is 5.91 Å². The predicted molar refractivity (Wildman–Crippen MR) is 152 cm³/mol. The molecule has 0 unspecified atom stereocenters. The second kappa shape index (κ2) is 15.6. The van der Waals surface area contributed by atoms with Gasteiger partial charge in [-0.2, -0.15) is 0 Å². The number of thiazole rings is 2. The number of aromatic nitrogens is 2. The lowest BCUT2D eigenvalue weighted by molar-refractivity contribution is -0.117. The van der Waals surface area contributed by atoms with E-state index in [2.05, 4.69) is 25.9 Å². The number of rotatable bonds is 13. The first-order valence-corrected chi connectivity index (χ1v) is 14.3. The van der Waals surface area contributed by atoms with E-state index in [0.29, 0.717) is 37.9 Å². The van der Waals surface area contributed by atoms with Gasteiger partial charge < -0.3 is 25.6 Å². The molecule has 2 aromatic heterocycles. The number of carbonyl (C=O) groups is 3. The maximum Gasteiger partial charge on any atom is 0.407 e. The molecule has 0 bridgehead atoms. The van der Waals surface area contributed by atoms with E-state index in [1.54, 1.807) is 44.3 Å². The number of hydrogen-bond acceptors (Lipinski definition) is 8. The molecule has 0 aliphatic carbocycles. The fraction of sp³-hybridized carbons (Fsp3) is 0.370. The van der Waals surface area contributed by atoms with Gasteiger partial charge in [-0.1, -0.05) is 30.3 Å². The molecular formula is C27H34N6O4S2. The Morgan fingerprint density at radius 2 is 1.72 bits per heavy atom. The molecule has 10 nitrogen and oxygen atoms in total. The first-order valence-electron chi connectivity index (χ1n) is 12.5. The maximum absolute atomic E-state index is 12.9. The number of nitrogens with zero attached hydrogens (tertiary/aromatic N) is 3. The van der Waals surface area contributed by atoms with Gasteiger partial charge in [-0.3, -0.25) is 14.8 Å². The quantitative estimate of drug-likeness (QED) is 0.206. The Balaban J connectivity index is 1.48. The average molecular weight is 571 g/mol. The molecule has 39 heavy (non-hydrogen) atoms. The number of urea groups is 1. The highest BCUT2D eigenvalue weighted by molar-refractivity contribution is 7.09. The van der Waals surface area contributed by atoms with E-state index in [1.807, 2.05) is 30.3 Å². The monoisotopic (exact) mass is 570 g/mol. The molecule has 208 valence electrons. The Labute approximate surface area is 236 Å². The summed E-state index contributed by atoms with van der Waals surface area (Å²) in [6, 6.07) is 9.32. The number of carbonyl (C=O) groups excluding carboxylic acids is 3. The molecule has 3 rings (SSSR count). The zero-order chi connectivity index (χ0) is 28.0. The summed E-state index contributed by atoms with van der Waals surface area (Å²) >= 11 is 2.89. The first kappa shape index (κ1) is 29.8. The molecule has 0 fully saturated rings. The number of amides is 4. The van der Waals surface area contributed by atoms with E-state index in [9.17, 15) is 14.4 Å². The molecule has 3 aromatic rings. The lowest BCUT2D eigenvalue weighted by Gasteiger charge is -2.20. The fourth-order valence-electron chi connectivity index (χ4n) is 3.66. The molecule has 0 spiro atoms. The molecular weight excluding hydrogens is 536 g/mol. The number of allylic oxidation sites excluding steroid dienone is 1. The van der Waals surface area contributed by atoms with Crippen LogP contribution in [0.1, 0.15) is 42.0 Å². The van der Waals surface area contributed by atoms with Crippen molar-refractivity contribution in [3.63, 3.8) is 0 Å². The Morgan fingerprint density at radius 3 is 2.36 bits per heavy atom. The van der Waals surface area contributed by atoms with Gasteiger partial charge in [0.1, 0.15) is 12.3 Å². The van der Waals surface area contributed by atoms with Crippen LogP contribution in [0, 0.1) is 0 Å². The number of nitrogens with one attached hydrogen (secondary N) is 3. The van der Waals surface area contributed by atoms with Crippen molar-refractivity contribution in [2.45, 2.75) is 52.3 Å². The summed E-state index contributed by atoms with van der Waals surface area (Å²) in [5.74, 6) is -0.355. The zero-order valence-electron chi connectivity index (χ0n) is 22.3. The minimum atomic E-state index is -0.495. The van der Waals surface area contributed by atoms with E-state index in [-0.39, 0.29) is 30.3 Å². The van der Waals surface area contributed by atoms with Gasteiger partial charge in [0.15, 0.2) is 0 Å². The molecule has 12 heteroatoms. The van der Waals surface area contributed by atoms with Crippen molar-refractivity contribution in [2.24, 2.45) is 0 Å². The lowest BCUT2D eigenvalue weighted by atomic mass is 10.0. The largest absolute Gasteiger partial charge is 0.444 e. The van der Waals surface area contributed by atoms with Gasteiger partial charge in [0, 0.05) is 36.9 Å². The van der Waals surface area contributed by atoms with Crippen LogP contribution in [0.4, 0.5) is 9.59 Å². The van der Waals surface area contributed by atoms with Gasteiger partial charge in [0.05, 0.1) is 22.4 Å². The third kappa shape index (κ3) is 10.5. The molecule has 4 amide bonds. The van der Waals surface area contributed by atoms with Crippen LogP contribution in [-0.2, 0) is 29.1 Å². The molecule has 2 heterocycles. The first-order chi connectivity index (χ1) is 18.8. The Hall–Kier alpha value is -3.77. The van der Waals surface area contributed by atoms with Gasteiger partial charge in [0.2, 0.25) is 0 Å². The van der Waals surface area contributed by atoms with Gasteiger partial charge in [-0.25, -0.2) is 9.59 Å². The van der Waals surface area contributed by atoms with Gasteiger partial charge in [-0.15, -0.1) is 22.7 Å². The van der Waals surface area contributed by atoms with Crippen molar-refractivity contribution in [2.75, 3.05) is 13.6 Å². The highest BCUT2D eigenvalue weighted by Gasteiger charge is 2.19. The van der Waals surface area contributed by atoms with Gasteiger partial charge >= 0.3 is 12.1 Å². The summed E-state index contributed by atoms with van der Waals surface area (Å²) < 4.78 is 5.34. The number of hydrogen-bond donors (Lipinski definition) is 3. The van der Waals surface area contributed by atoms with E-state index in [1.165, 1.54) is 27.6 Å². The van der Waals surface area contributed by atoms with Crippen LogP contribution in [-0.4, -0.2) is 52.5 Å². The topological polar surface area (TPSA) is 126 Å². The summed E-state index contributed by atoms with van der Waals surface area (Å²) in [5.41, 5.74) is 5.41. The van der Waals surface area contributed by atoms with E-state index in [0.717, 1.165) is 15.3 Å². The van der Waals surface area contributed by atoms with Crippen molar-refractivity contribution in [3.8, 4) is 0 Å². The Morgan fingerprint density at radius 1 is 1.03 bits per heavy atom. The summed E-state index contributed by atoms with van der Waals surface area (Å²) in [6.07, 6.45) is 4.76. The molecule has 0 aliphatic rings. The van der Waals surface area contributed by atoms with Crippen LogP contribution in [0.5, 0.6) is 0 Å². The van der Waals surface area contributed by atoms with Crippen LogP contribution in [0.2, 0.25) is 0 Å². The highest BCUT2D eigenvalue weighted by atomic mass is 32.1. The zero-order valence-corrected chi connectivity index (χ0v) is 23.9. The highest BCUT2D eigenvalue weighted by Crippen LogP contribution is 2.11. The van der Waals surface area contributed by atoms with Crippen molar-refractivity contribution in [3.05, 3.63) is 80.3 Å². The Bertz CT molecular complexity index is 1210. The molecule has 0 saturated heterocycles. The van der Waals surface area contributed by atoms with Gasteiger partial charge in [-0.05, 0) is 44.2 Å². The van der Waals surface area contributed by atoms with Crippen molar-refractivity contribution < 1.29 is 19.1 Å². The molecule has 1 aromatic carbocycles. The molecule has 3 N–H and O–H groups in total. The van der Waals surface area contributed by atoms with Crippen molar-refractivity contribution in [1.29, 1.82) is 0 Å². The number of alkyl carbamates (subject to hydrolysis) is 1. The third-order valence-electron chi connectivity index (χ3n) is 5.67. The molecule has 1 atom stereocenters. The average Bonchev–Trinajstić information content (AvgIpc) is 3.63. The van der Waals surface area contributed by atoms with Crippen LogP contribution >= 0.6 is 22.7 Å². The fourth-order valence-corrected chi connectivity index (χ4v) is 4.81. The van der Waals surface area contributed by atoms with Crippen LogP contribution in [0.25, 0.3) is 0 Å². The lowest BCUT2D eigenvalue weighted by Crippen LogP contribution is -2.42. The van der Waals surface area contributed by atoms with Crippen molar-refractivity contribution in [1.82, 2.24) is 30.8 Å². The summed E-state index contributed by atoms with van der Waals surface area (Å²) in [6.45, 7) is 4.50. The number of benzene rings is 1. The summed E-state index contributed by atoms with van der Waals surface area (Å²) in [7, 11) is 1.66. The van der Waals surface area contributed by atoms with E-state index in [4.69, 9.17) is 4.74 Å². The summed E-state index contributed by atoms with van der Waals surface area (Å²) in [4.78, 5) is 49.3. The molecule has 0 aliphatic heterocycles. The van der Waals surface area contributed by atoms with E-state index >= 15 is 0 Å². The smallest absolute Gasteiger partial charge is 0.407 e. The normalized spacial score (nSPS) is 11.3. The summed E-state index contributed by atoms with van der Waals surface area (Å²) in [5, 5.41) is 8.56. The van der Waals surface area contributed by atoms with Crippen LogP contribution in [0.3, 0.4) is 0 Å². The predicted octanol–water partition coefficient (Wildman–Crippen LogP) is 4.47. The molecule has 0 radical (unpaired) electrons. The molecule has 0 saturated carbocycles. The van der Waals surface area contributed by atoms with E-state index < -0.39 is 6.09 Å². The Kier molecular flexibility index (Phi) is 11.9. The standard InChI is InChI=1S/C27H34N6O4S2/c1-19(2)24(32-26(35)33(3)15-22-13-28-17-38-22)25(34)30-11-7-10-21(12-20-8-5-4-6-9-20)31-27(36)37-16-23-14-29-18-39-23/h4-6,8-9,13-14,17-18,21H,7,10-12,15-16H2,1-3H3,(H,30,34)(H,31,36)(H,32,35)/t21-/m1/s1. The minimum Gasteiger partial charge on any atom is -0.444 e. The third-order valence-corrected chi connectivity index (χ3v) is 7.19. The van der Waals surface area contributed by atoms with Crippen molar-refractivity contribution >= 4 is 40.7 Å². The second-order valence-corrected chi connectivity index (χ2v) is 11.0. The SMILES string of the molecule is CC(C)=C(NC(=O)N(C)Cc1cncs1)C(=O)NCCC[C@H](Cc1ccccc1)NC(=O)OCc1cncs1. The number of ether oxygens (including phenoxy) is 1. The minimum absolute atomic E-state index is 0.168. The maximum atomic E-state index is 12.9. The van der Waals surface area contributed by atoms with Crippen LogP contribution < -0.4 is 16.0 Å². The van der Waals surface area contributed by atoms with Crippen LogP contribution in [0.15, 0.2) is 65.0 Å².